The monoisotopic (exact) mass is 418 g/mol. The number of methoxy groups -OCH3 is 1. The van der Waals surface area contributed by atoms with Crippen LogP contribution in [0, 0.1) is 10.1 Å². The molecule has 4 rings (SSSR count). The van der Waals surface area contributed by atoms with Crippen molar-refractivity contribution in [2.45, 2.75) is 6.61 Å². The summed E-state index contributed by atoms with van der Waals surface area (Å²) < 4.78 is 12.1. The van der Waals surface area contributed by atoms with Gasteiger partial charge in [0.25, 0.3) is 5.69 Å². The predicted octanol–water partition coefficient (Wildman–Crippen LogP) is 5.96. The van der Waals surface area contributed by atoms with Crippen LogP contribution in [0.3, 0.4) is 0 Å². The van der Waals surface area contributed by atoms with E-state index < -0.39 is 4.92 Å². The molecule has 7 heteroatoms. The van der Waals surface area contributed by atoms with Crippen LogP contribution in [0.1, 0.15) is 16.1 Å². The molecule has 0 saturated carbocycles. The Hall–Kier alpha value is -3.71. The van der Waals surface area contributed by atoms with Gasteiger partial charge in [-0.15, -0.1) is 11.3 Å². The molecule has 6 nitrogen and oxygen atoms in total. The van der Waals surface area contributed by atoms with Crippen LogP contribution in [0.5, 0.6) is 11.5 Å². The van der Waals surface area contributed by atoms with Crippen molar-refractivity contribution in [1.82, 2.24) is 4.98 Å². The summed E-state index contributed by atoms with van der Waals surface area (Å²) in [7, 11) is 1.61. The van der Waals surface area contributed by atoms with Gasteiger partial charge in [0.15, 0.2) is 11.5 Å². The van der Waals surface area contributed by atoms with E-state index in [0.717, 1.165) is 26.4 Å². The van der Waals surface area contributed by atoms with E-state index in [0.29, 0.717) is 18.1 Å². The largest absolute Gasteiger partial charge is 0.493 e. The Morgan fingerprint density at radius 3 is 2.63 bits per heavy atom. The molecule has 0 aliphatic carbocycles. The van der Waals surface area contributed by atoms with Crippen molar-refractivity contribution in [2.24, 2.45) is 0 Å². The molecule has 3 aromatic carbocycles. The molecule has 4 aromatic rings. The highest BCUT2D eigenvalue weighted by atomic mass is 32.1. The summed E-state index contributed by atoms with van der Waals surface area (Å²) in [6, 6.07) is 20.3. The molecular formula is C23H18N2O4S. The number of aromatic nitrogens is 1. The zero-order valence-electron chi connectivity index (χ0n) is 16.1. The van der Waals surface area contributed by atoms with Crippen molar-refractivity contribution in [2.75, 3.05) is 7.11 Å². The first-order chi connectivity index (χ1) is 14.6. The van der Waals surface area contributed by atoms with Crippen LogP contribution in [0.2, 0.25) is 0 Å². The molecule has 0 aliphatic heterocycles. The van der Waals surface area contributed by atoms with Crippen LogP contribution in [-0.2, 0) is 6.61 Å². The smallest absolute Gasteiger partial charge is 0.270 e. The first-order valence-corrected chi connectivity index (χ1v) is 10.0. The maximum Gasteiger partial charge on any atom is 0.270 e. The Labute approximate surface area is 177 Å². The third-order valence-electron chi connectivity index (χ3n) is 4.44. The summed E-state index contributed by atoms with van der Waals surface area (Å²) in [6.07, 6.45) is 3.81. The fraction of sp³-hybridized carbons (Fsp3) is 0.0870. The molecule has 0 amide bonds. The summed E-state index contributed by atoms with van der Waals surface area (Å²) in [5.74, 6) is 1.32. The number of fused-ring (bicyclic) bond motifs is 1. The minimum absolute atomic E-state index is 0.0671. The minimum atomic E-state index is -0.400. The van der Waals surface area contributed by atoms with E-state index in [2.05, 4.69) is 4.98 Å². The maximum absolute atomic E-state index is 10.9. The molecule has 0 spiro atoms. The van der Waals surface area contributed by atoms with Crippen LogP contribution in [0.25, 0.3) is 22.4 Å². The Morgan fingerprint density at radius 1 is 1.03 bits per heavy atom. The Morgan fingerprint density at radius 2 is 1.87 bits per heavy atom. The third-order valence-corrected chi connectivity index (χ3v) is 5.43. The van der Waals surface area contributed by atoms with Crippen molar-refractivity contribution in [3.05, 3.63) is 93.0 Å². The van der Waals surface area contributed by atoms with Crippen LogP contribution >= 0.6 is 11.3 Å². The predicted molar refractivity (Wildman–Crippen MR) is 119 cm³/mol. The van der Waals surface area contributed by atoms with E-state index >= 15 is 0 Å². The summed E-state index contributed by atoms with van der Waals surface area (Å²) in [5, 5.41) is 11.7. The molecule has 0 aliphatic rings. The van der Waals surface area contributed by atoms with Gasteiger partial charge in [-0.3, -0.25) is 10.1 Å². The molecule has 1 heterocycles. The van der Waals surface area contributed by atoms with Gasteiger partial charge < -0.3 is 9.47 Å². The van der Waals surface area contributed by atoms with E-state index in [4.69, 9.17) is 9.47 Å². The van der Waals surface area contributed by atoms with Gasteiger partial charge in [0.1, 0.15) is 11.6 Å². The fourth-order valence-corrected chi connectivity index (χ4v) is 3.83. The number of thiazole rings is 1. The minimum Gasteiger partial charge on any atom is -0.493 e. The van der Waals surface area contributed by atoms with Crippen LogP contribution in [0.15, 0.2) is 66.7 Å². The lowest BCUT2D eigenvalue weighted by atomic mass is 10.2. The van der Waals surface area contributed by atoms with Crippen LogP contribution in [0.4, 0.5) is 5.69 Å². The van der Waals surface area contributed by atoms with Crippen molar-refractivity contribution in [1.29, 1.82) is 0 Å². The second kappa shape index (κ2) is 8.75. The SMILES string of the molecule is COc1cc(/C=C/c2nc3ccc([N+](=O)[O-])cc3s2)ccc1OCc1ccccc1. The van der Waals surface area contributed by atoms with Gasteiger partial charge in [-0.25, -0.2) is 4.98 Å². The highest BCUT2D eigenvalue weighted by Gasteiger charge is 2.09. The highest BCUT2D eigenvalue weighted by Crippen LogP contribution is 2.31. The van der Waals surface area contributed by atoms with Crippen LogP contribution < -0.4 is 9.47 Å². The van der Waals surface area contributed by atoms with Crippen molar-refractivity contribution >= 4 is 39.4 Å². The van der Waals surface area contributed by atoms with E-state index in [1.807, 2.05) is 60.7 Å². The van der Waals surface area contributed by atoms with E-state index in [1.165, 1.54) is 17.4 Å². The number of nitrogens with zero attached hydrogens (tertiary/aromatic N) is 2. The van der Waals surface area contributed by atoms with Crippen molar-refractivity contribution in [3.63, 3.8) is 0 Å². The third kappa shape index (κ3) is 4.47. The fourth-order valence-electron chi connectivity index (χ4n) is 2.93. The van der Waals surface area contributed by atoms with Crippen molar-refractivity contribution < 1.29 is 14.4 Å². The molecule has 0 atom stereocenters. The molecule has 0 N–H and O–H groups in total. The molecule has 0 saturated heterocycles. The lowest BCUT2D eigenvalue weighted by Gasteiger charge is -2.11. The van der Waals surface area contributed by atoms with E-state index in [-0.39, 0.29) is 5.69 Å². The van der Waals surface area contributed by atoms with Gasteiger partial charge in [-0.1, -0.05) is 42.5 Å². The normalized spacial score (nSPS) is 11.1. The standard InChI is InChI=1S/C23H18N2O4S/c1-28-21-13-16(7-11-20(21)29-15-17-5-3-2-4-6-17)8-12-23-24-19-10-9-18(25(26)27)14-22(19)30-23/h2-14H,15H2,1H3/b12-8+. The zero-order chi connectivity index (χ0) is 20.9. The number of nitro benzene ring substituents is 1. The average molecular weight is 418 g/mol. The molecular weight excluding hydrogens is 400 g/mol. The van der Waals surface area contributed by atoms with Gasteiger partial charge >= 0.3 is 0 Å². The first kappa shape index (κ1) is 19.6. The van der Waals surface area contributed by atoms with Gasteiger partial charge in [-0.2, -0.15) is 0 Å². The number of rotatable bonds is 7. The number of nitro groups is 1. The number of non-ortho nitro benzene ring substituents is 1. The number of hydrogen-bond acceptors (Lipinski definition) is 6. The Balaban J connectivity index is 1.50. The summed E-state index contributed by atoms with van der Waals surface area (Å²) in [5.41, 5.74) is 2.83. The zero-order valence-corrected chi connectivity index (χ0v) is 17.0. The Kier molecular flexibility index (Phi) is 5.72. The first-order valence-electron chi connectivity index (χ1n) is 9.20. The highest BCUT2D eigenvalue weighted by molar-refractivity contribution is 7.19. The average Bonchev–Trinajstić information content (AvgIpc) is 3.19. The molecule has 0 radical (unpaired) electrons. The van der Waals surface area contributed by atoms with Gasteiger partial charge in [-0.05, 0) is 35.4 Å². The van der Waals surface area contributed by atoms with Gasteiger partial charge in [0, 0.05) is 12.1 Å². The lowest BCUT2D eigenvalue weighted by Crippen LogP contribution is -1.97. The lowest BCUT2D eigenvalue weighted by molar-refractivity contribution is -0.384. The Bertz CT molecular complexity index is 1220. The number of ether oxygens (including phenoxy) is 2. The van der Waals surface area contributed by atoms with Gasteiger partial charge in [0.05, 0.1) is 22.2 Å². The van der Waals surface area contributed by atoms with E-state index in [1.54, 1.807) is 19.2 Å². The second-order valence-electron chi connectivity index (χ2n) is 6.48. The maximum atomic E-state index is 10.9. The van der Waals surface area contributed by atoms with Gasteiger partial charge in [0.2, 0.25) is 0 Å². The molecule has 30 heavy (non-hydrogen) atoms. The summed E-state index contributed by atoms with van der Waals surface area (Å²) in [6.45, 7) is 0.463. The second-order valence-corrected chi connectivity index (χ2v) is 7.54. The molecule has 0 unspecified atom stereocenters. The number of benzene rings is 3. The molecule has 150 valence electrons. The molecule has 0 bridgehead atoms. The topological polar surface area (TPSA) is 74.5 Å². The number of hydrogen-bond donors (Lipinski definition) is 0. The molecule has 0 fully saturated rings. The van der Waals surface area contributed by atoms with Crippen molar-refractivity contribution in [3.8, 4) is 11.5 Å². The quantitative estimate of drug-likeness (QED) is 0.273. The summed E-state index contributed by atoms with van der Waals surface area (Å²) in [4.78, 5) is 15.0. The van der Waals surface area contributed by atoms with Crippen LogP contribution in [-0.4, -0.2) is 17.0 Å². The molecule has 1 aromatic heterocycles. The summed E-state index contributed by atoms with van der Waals surface area (Å²) >= 11 is 1.41. The van der Waals surface area contributed by atoms with E-state index in [9.17, 15) is 10.1 Å².